The molecule has 3 heterocycles. The highest BCUT2D eigenvalue weighted by atomic mass is 32.1. The van der Waals surface area contributed by atoms with Crippen LogP contribution in [0.25, 0.3) is 15.9 Å². The summed E-state index contributed by atoms with van der Waals surface area (Å²) in [7, 11) is 0. The van der Waals surface area contributed by atoms with E-state index in [-0.39, 0.29) is 11.8 Å². The highest BCUT2D eigenvalue weighted by Crippen LogP contribution is 2.35. The maximum Gasteiger partial charge on any atom is 0.263 e. The van der Waals surface area contributed by atoms with Gasteiger partial charge in [-0.2, -0.15) is 0 Å². The largest absolute Gasteiger partial charge is 0.351 e. The molecule has 4 rings (SSSR count). The van der Waals surface area contributed by atoms with Crippen LogP contribution in [0.15, 0.2) is 60.9 Å². The highest BCUT2D eigenvalue weighted by Gasteiger charge is 2.22. The molecule has 0 aliphatic carbocycles. The molecule has 0 bridgehead atoms. The van der Waals surface area contributed by atoms with E-state index in [1.54, 1.807) is 0 Å². The number of aromatic nitrogens is 2. The molecule has 4 aromatic rings. The molecule has 0 fully saturated rings. The average molecular weight is 390 g/mol. The number of nitrogens with zero attached hydrogens (tertiary/aromatic N) is 2. The average Bonchev–Trinajstić information content (AvgIpc) is 3.33. The lowest BCUT2D eigenvalue weighted by molar-refractivity contribution is 0.0956. The lowest BCUT2D eigenvalue weighted by Crippen LogP contribution is -2.27. The summed E-state index contributed by atoms with van der Waals surface area (Å²) in [6, 6.07) is 16.3. The first kappa shape index (κ1) is 18.4. The number of hydrogen-bond acceptors (Lipinski definition) is 3. The van der Waals surface area contributed by atoms with E-state index in [1.807, 2.05) is 54.2 Å². The van der Waals surface area contributed by atoms with Gasteiger partial charge in [-0.25, -0.2) is 4.98 Å². The molecule has 28 heavy (non-hydrogen) atoms. The van der Waals surface area contributed by atoms with Crippen LogP contribution in [0.3, 0.4) is 0 Å². The summed E-state index contributed by atoms with van der Waals surface area (Å²) in [5, 5.41) is 4.17. The normalized spacial score (nSPS) is 12.2. The van der Waals surface area contributed by atoms with E-state index in [9.17, 15) is 4.79 Å². The van der Waals surface area contributed by atoms with Gasteiger partial charge in [-0.3, -0.25) is 4.79 Å². The quantitative estimate of drug-likeness (QED) is 0.507. The van der Waals surface area contributed by atoms with Crippen LogP contribution in [0.4, 0.5) is 0 Å². The predicted molar refractivity (Wildman–Crippen MR) is 116 cm³/mol. The summed E-state index contributed by atoms with van der Waals surface area (Å²) >= 11 is 1.46. The molecule has 0 spiro atoms. The number of carbonyl (C=O) groups is 1. The fraction of sp³-hybridized carbons (Fsp3) is 0.217. The minimum atomic E-state index is -0.0495. The number of fused-ring (bicyclic) bond motifs is 1. The van der Waals surface area contributed by atoms with Gasteiger partial charge < -0.3 is 9.88 Å². The van der Waals surface area contributed by atoms with Crippen LogP contribution in [-0.2, 0) is 0 Å². The number of benzene rings is 1. The second kappa shape index (κ2) is 7.60. The molecule has 1 N–H and O–H groups in total. The molecular formula is C23H23N3OS. The lowest BCUT2D eigenvalue weighted by atomic mass is 10.0. The van der Waals surface area contributed by atoms with Crippen molar-refractivity contribution in [2.45, 2.75) is 26.7 Å². The zero-order valence-corrected chi connectivity index (χ0v) is 17.1. The van der Waals surface area contributed by atoms with Gasteiger partial charge in [0, 0.05) is 30.0 Å². The van der Waals surface area contributed by atoms with E-state index in [0.717, 1.165) is 27.2 Å². The van der Waals surface area contributed by atoms with Gasteiger partial charge in [-0.15, -0.1) is 11.3 Å². The Bertz CT molecular complexity index is 1110. The van der Waals surface area contributed by atoms with E-state index in [0.29, 0.717) is 11.4 Å². The Labute approximate surface area is 168 Å². The van der Waals surface area contributed by atoms with Crippen molar-refractivity contribution in [2.75, 3.05) is 6.54 Å². The fourth-order valence-corrected chi connectivity index (χ4v) is 4.74. The van der Waals surface area contributed by atoms with Gasteiger partial charge in [-0.05, 0) is 49.1 Å². The van der Waals surface area contributed by atoms with E-state index in [1.165, 1.54) is 16.9 Å². The number of thiophene rings is 1. The second-order valence-electron chi connectivity index (χ2n) is 7.15. The van der Waals surface area contributed by atoms with Crippen molar-refractivity contribution in [1.29, 1.82) is 0 Å². The Morgan fingerprint density at radius 1 is 1.14 bits per heavy atom. The SMILES string of the molecule is Cc1cc(C)c2c(-n3cccc3)c(C(=O)NCC(C)c3ccccc3)sc2n1. The standard InChI is InChI=1S/C23H23N3OS/c1-15-13-17(3)25-23-19(15)20(26-11-7-8-12-26)21(28-23)22(27)24-14-16(2)18-9-5-4-6-10-18/h4-13,16H,14H2,1-3H3,(H,24,27). The third-order valence-corrected chi connectivity index (χ3v) is 6.04. The topological polar surface area (TPSA) is 46.9 Å². The van der Waals surface area contributed by atoms with E-state index in [4.69, 9.17) is 0 Å². The van der Waals surface area contributed by atoms with Crippen molar-refractivity contribution in [3.63, 3.8) is 0 Å². The van der Waals surface area contributed by atoms with Crippen LogP contribution < -0.4 is 5.32 Å². The highest BCUT2D eigenvalue weighted by molar-refractivity contribution is 7.21. The minimum Gasteiger partial charge on any atom is -0.351 e. The molecule has 0 aliphatic rings. The second-order valence-corrected chi connectivity index (χ2v) is 8.15. The first-order valence-electron chi connectivity index (χ1n) is 9.42. The Balaban J connectivity index is 1.69. The molecule has 4 nitrogen and oxygen atoms in total. The van der Waals surface area contributed by atoms with Crippen molar-refractivity contribution in [3.8, 4) is 5.69 Å². The molecule has 3 aromatic heterocycles. The van der Waals surface area contributed by atoms with Gasteiger partial charge in [0.2, 0.25) is 0 Å². The van der Waals surface area contributed by atoms with Crippen LogP contribution in [0.1, 0.15) is 39.3 Å². The van der Waals surface area contributed by atoms with Crippen LogP contribution >= 0.6 is 11.3 Å². The molecule has 1 aromatic carbocycles. The van der Waals surface area contributed by atoms with E-state index in [2.05, 4.69) is 42.3 Å². The summed E-state index contributed by atoms with van der Waals surface area (Å²) in [6.07, 6.45) is 3.95. The Kier molecular flexibility index (Phi) is 5.01. The summed E-state index contributed by atoms with van der Waals surface area (Å²) in [5.41, 5.74) is 4.24. The molecule has 0 radical (unpaired) electrons. The maximum atomic E-state index is 13.1. The lowest BCUT2D eigenvalue weighted by Gasteiger charge is -2.13. The predicted octanol–water partition coefficient (Wildman–Crippen LogP) is 5.24. The molecule has 0 saturated heterocycles. The number of pyridine rings is 1. The zero-order chi connectivity index (χ0) is 19.7. The molecule has 1 unspecified atom stereocenters. The van der Waals surface area contributed by atoms with E-state index >= 15 is 0 Å². The third-order valence-electron chi connectivity index (χ3n) is 4.97. The first-order valence-corrected chi connectivity index (χ1v) is 10.2. The summed E-state index contributed by atoms with van der Waals surface area (Å²) < 4.78 is 2.01. The number of nitrogens with one attached hydrogen (secondary N) is 1. The summed E-state index contributed by atoms with van der Waals surface area (Å²) in [4.78, 5) is 19.4. The molecule has 142 valence electrons. The molecule has 0 aliphatic heterocycles. The van der Waals surface area contributed by atoms with Crippen molar-refractivity contribution < 1.29 is 4.79 Å². The van der Waals surface area contributed by atoms with Gasteiger partial charge in [0.15, 0.2) is 0 Å². The Morgan fingerprint density at radius 2 is 1.86 bits per heavy atom. The Hall–Kier alpha value is -2.92. The number of amides is 1. The van der Waals surface area contributed by atoms with Crippen LogP contribution in [0.2, 0.25) is 0 Å². The molecule has 0 saturated carbocycles. The van der Waals surface area contributed by atoms with Gasteiger partial charge in [-0.1, -0.05) is 37.3 Å². The number of rotatable bonds is 5. The molecule has 1 atom stereocenters. The van der Waals surface area contributed by atoms with Crippen LogP contribution in [-0.4, -0.2) is 22.0 Å². The van der Waals surface area contributed by atoms with Crippen molar-refractivity contribution in [2.24, 2.45) is 0 Å². The monoisotopic (exact) mass is 389 g/mol. The maximum absolute atomic E-state index is 13.1. The van der Waals surface area contributed by atoms with Crippen molar-refractivity contribution in [1.82, 2.24) is 14.9 Å². The van der Waals surface area contributed by atoms with Gasteiger partial charge >= 0.3 is 0 Å². The first-order chi connectivity index (χ1) is 13.5. The molecule has 5 heteroatoms. The Morgan fingerprint density at radius 3 is 2.57 bits per heavy atom. The molecule has 1 amide bonds. The van der Waals surface area contributed by atoms with Crippen LogP contribution in [0.5, 0.6) is 0 Å². The summed E-state index contributed by atoms with van der Waals surface area (Å²) in [5.74, 6) is 0.197. The van der Waals surface area contributed by atoms with Gasteiger partial charge in [0.05, 0.1) is 5.69 Å². The number of hydrogen-bond donors (Lipinski definition) is 1. The minimum absolute atomic E-state index is 0.0495. The van der Waals surface area contributed by atoms with Crippen molar-refractivity contribution in [3.05, 3.63) is 82.6 Å². The van der Waals surface area contributed by atoms with E-state index < -0.39 is 0 Å². The van der Waals surface area contributed by atoms with Gasteiger partial charge in [0.25, 0.3) is 5.91 Å². The molecular weight excluding hydrogens is 366 g/mol. The van der Waals surface area contributed by atoms with Crippen molar-refractivity contribution >= 4 is 27.5 Å². The zero-order valence-electron chi connectivity index (χ0n) is 16.3. The van der Waals surface area contributed by atoms with Crippen LogP contribution in [0, 0.1) is 13.8 Å². The smallest absolute Gasteiger partial charge is 0.263 e. The fourth-order valence-electron chi connectivity index (χ4n) is 3.53. The number of carbonyl (C=O) groups excluding carboxylic acids is 1. The summed E-state index contributed by atoms with van der Waals surface area (Å²) in [6.45, 7) is 6.79. The number of aryl methyl sites for hydroxylation is 2. The van der Waals surface area contributed by atoms with Gasteiger partial charge in [0.1, 0.15) is 9.71 Å². The third kappa shape index (κ3) is 3.45.